The number of benzene rings is 1. The van der Waals surface area contributed by atoms with E-state index in [2.05, 4.69) is 36.9 Å². The molecule has 0 amide bonds. The van der Waals surface area contributed by atoms with Crippen molar-refractivity contribution in [3.63, 3.8) is 0 Å². The number of aliphatic carboxylic acids is 1. The average Bonchev–Trinajstić information content (AvgIpc) is 2.14. The van der Waals surface area contributed by atoms with Crippen molar-refractivity contribution in [2.24, 2.45) is 0 Å². The Morgan fingerprint density at radius 1 is 1.29 bits per heavy atom. The molecule has 17 heavy (non-hydrogen) atoms. The van der Waals surface area contributed by atoms with Crippen LogP contribution < -0.4 is 4.90 Å². The van der Waals surface area contributed by atoms with Crippen LogP contribution in [0.4, 0.5) is 5.69 Å². The van der Waals surface area contributed by atoms with Crippen molar-refractivity contribution in [3.8, 4) is 0 Å². The first-order chi connectivity index (χ1) is 7.88. The van der Waals surface area contributed by atoms with E-state index < -0.39 is 5.97 Å². The number of carboxylic acid groups (broad SMARTS) is 1. The van der Waals surface area contributed by atoms with Gasteiger partial charge in [0, 0.05) is 25.4 Å². The third-order valence-corrected chi connectivity index (χ3v) is 2.50. The van der Waals surface area contributed by atoms with Gasteiger partial charge in [0.25, 0.3) is 0 Å². The molecule has 0 aliphatic heterocycles. The van der Waals surface area contributed by atoms with Gasteiger partial charge in [-0.2, -0.15) is 0 Å². The van der Waals surface area contributed by atoms with E-state index in [1.807, 2.05) is 14.0 Å². The van der Waals surface area contributed by atoms with Crippen molar-refractivity contribution in [2.75, 3.05) is 18.5 Å². The fourth-order valence-electron chi connectivity index (χ4n) is 1.89. The Hall–Kier alpha value is -1.77. The molecule has 1 aromatic carbocycles. The van der Waals surface area contributed by atoms with Crippen LogP contribution in [-0.4, -0.2) is 24.7 Å². The minimum atomic E-state index is -0.892. The summed E-state index contributed by atoms with van der Waals surface area (Å²) in [7, 11) is 1.97. The number of likely N-dealkylation sites (N-methyl/N-ethyl adjacent to an activating group) is 1. The second-order valence-electron chi connectivity index (χ2n) is 4.53. The van der Waals surface area contributed by atoms with Crippen LogP contribution in [0.25, 0.3) is 0 Å². The highest BCUT2D eigenvalue weighted by Crippen LogP contribution is 2.18. The topological polar surface area (TPSA) is 40.5 Å². The van der Waals surface area contributed by atoms with E-state index in [4.69, 9.17) is 5.11 Å². The second kappa shape index (κ2) is 5.53. The summed E-state index contributed by atoms with van der Waals surface area (Å²) in [5, 5.41) is 8.66. The van der Waals surface area contributed by atoms with Crippen LogP contribution in [-0.2, 0) is 4.79 Å². The lowest BCUT2D eigenvalue weighted by molar-refractivity contribution is -0.131. The SMILES string of the molecule is CC(=CC(=O)O)CN(C)c1cc(C)cc(C)c1. The molecule has 0 spiro atoms. The van der Waals surface area contributed by atoms with Gasteiger partial charge in [0.05, 0.1) is 0 Å². The van der Waals surface area contributed by atoms with Crippen LogP contribution in [0.15, 0.2) is 29.8 Å². The fraction of sp³-hybridized carbons (Fsp3) is 0.357. The molecular weight excluding hydrogens is 214 g/mol. The molecule has 0 saturated heterocycles. The van der Waals surface area contributed by atoms with Gasteiger partial charge in [-0.15, -0.1) is 0 Å². The number of anilines is 1. The second-order valence-corrected chi connectivity index (χ2v) is 4.53. The molecule has 1 rings (SSSR count). The van der Waals surface area contributed by atoms with Crippen LogP contribution in [0.5, 0.6) is 0 Å². The Morgan fingerprint density at radius 2 is 1.82 bits per heavy atom. The van der Waals surface area contributed by atoms with Crippen LogP contribution in [0.3, 0.4) is 0 Å². The predicted octanol–water partition coefficient (Wildman–Crippen LogP) is 2.77. The van der Waals surface area contributed by atoms with Crippen molar-refractivity contribution in [1.29, 1.82) is 0 Å². The van der Waals surface area contributed by atoms with E-state index in [-0.39, 0.29) is 0 Å². The largest absolute Gasteiger partial charge is 0.478 e. The van der Waals surface area contributed by atoms with Gasteiger partial charge in [0.15, 0.2) is 0 Å². The van der Waals surface area contributed by atoms with Crippen LogP contribution in [0.1, 0.15) is 18.1 Å². The molecule has 0 atom stereocenters. The molecule has 1 N–H and O–H groups in total. The van der Waals surface area contributed by atoms with Gasteiger partial charge >= 0.3 is 5.97 Å². The lowest BCUT2D eigenvalue weighted by Crippen LogP contribution is -2.20. The molecule has 0 bridgehead atoms. The number of hydrogen-bond acceptors (Lipinski definition) is 2. The number of hydrogen-bond donors (Lipinski definition) is 1. The Bertz CT molecular complexity index is 429. The van der Waals surface area contributed by atoms with Crippen molar-refractivity contribution in [2.45, 2.75) is 20.8 Å². The monoisotopic (exact) mass is 233 g/mol. The normalized spacial score (nSPS) is 11.4. The summed E-state index contributed by atoms with van der Waals surface area (Å²) in [5.74, 6) is -0.892. The maximum atomic E-state index is 10.5. The van der Waals surface area contributed by atoms with Gasteiger partial charge in [0.2, 0.25) is 0 Å². The van der Waals surface area contributed by atoms with E-state index in [1.165, 1.54) is 17.2 Å². The molecule has 3 heteroatoms. The minimum Gasteiger partial charge on any atom is -0.478 e. The van der Waals surface area contributed by atoms with Crippen molar-refractivity contribution < 1.29 is 9.90 Å². The van der Waals surface area contributed by atoms with E-state index in [0.29, 0.717) is 6.54 Å². The summed E-state index contributed by atoms with van der Waals surface area (Å²) >= 11 is 0. The molecule has 3 nitrogen and oxygen atoms in total. The van der Waals surface area contributed by atoms with Gasteiger partial charge in [0.1, 0.15) is 0 Å². The quantitative estimate of drug-likeness (QED) is 0.813. The van der Waals surface area contributed by atoms with Crippen molar-refractivity contribution >= 4 is 11.7 Å². The zero-order valence-electron chi connectivity index (χ0n) is 10.8. The first-order valence-corrected chi connectivity index (χ1v) is 5.58. The van der Waals surface area contributed by atoms with E-state index in [0.717, 1.165) is 11.3 Å². The molecule has 0 aromatic heterocycles. The zero-order chi connectivity index (χ0) is 13.0. The number of nitrogens with zero attached hydrogens (tertiary/aromatic N) is 1. The molecule has 92 valence electrons. The summed E-state index contributed by atoms with van der Waals surface area (Å²) in [5.41, 5.74) is 4.37. The predicted molar refractivity (Wildman–Crippen MR) is 70.6 cm³/mol. The van der Waals surface area contributed by atoms with Gasteiger partial charge in [-0.1, -0.05) is 6.07 Å². The Labute approximate surface area is 102 Å². The Kier molecular flexibility index (Phi) is 4.32. The van der Waals surface area contributed by atoms with Gasteiger partial charge in [-0.05, 0) is 49.6 Å². The first-order valence-electron chi connectivity index (χ1n) is 5.58. The van der Waals surface area contributed by atoms with Gasteiger partial charge in [-0.25, -0.2) is 4.79 Å². The molecule has 0 aliphatic carbocycles. The molecular formula is C14H19NO2. The lowest BCUT2D eigenvalue weighted by atomic mass is 10.1. The highest BCUT2D eigenvalue weighted by Gasteiger charge is 2.04. The summed E-state index contributed by atoms with van der Waals surface area (Å²) < 4.78 is 0. The number of rotatable bonds is 4. The average molecular weight is 233 g/mol. The van der Waals surface area contributed by atoms with Crippen LogP contribution >= 0.6 is 0 Å². The number of carbonyl (C=O) groups is 1. The van der Waals surface area contributed by atoms with Crippen LogP contribution in [0.2, 0.25) is 0 Å². The summed E-state index contributed by atoms with van der Waals surface area (Å²) in [6.45, 7) is 6.57. The van der Waals surface area contributed by atoms with Crippen molar-refractivity contribution in [1.82, 2.24) is 0 Å². The highest BCUT2D eigenvalue weighted by molar-refractivity contribution is 5.80. The molecule has 0 aliphatic rings. The Morgan fingerprint density at radius 3 is 2.29 bits per heavy atom. The first kappa shape index (κ1) is 13.3. The van der Waals surface area contributed by atoms with E-state index in [1.54, 1.807) is 0 Å². The molecule has 0 fully saturated rings. The fourth-order valence-corrected chi connectivity index (χ4v) is 1.89. The van der Waals surface area contributed by atoms with E-state index >= 15 is 0 Å². The van der Waals surface area contributed by atoms with Gasteiger partial charge in [-0.3, -0.25) is 0 Å². The summed E-state index contributed by atoms with van der Waals surface area (Å²) in [4.78, 5) is 12.6. The molecule has 0 unspecified atom stereocenters. The minimum absolute atomic E-state index is 0.620. The standard InChI is InChI=1S/C14H19NO2/c1-10-5-11(2)7-13(6-10)15(4)9-12(3)8-14(16)17/h5-8H,9H2,1-4H3,(H,16,17). The third kappa shape index (κ3) is 4.31. The maximum absolute atomic E-state index is 10.5. The smallest absolute Gasteiger partial charge is 0.328 e. The molecule has 0 heterocycles. The zero-order valence-corrected chi connectivity index (χ0v) is 10.8. The summed E-state index contributed by atoms with van der Waals surface area (Å²) in [6, 6.07) is 6.32. The van der Waals surface area contributed by atoms with E-state index in [9.17, 15) is 4.79 Å². The highest BCUT2D eigenvalue weighted by atomic mass is 16.4. The van der Waals surface area contributed by atoms with Crippen molar-refractivity contribution in [3.05, 3.63) is 41.0 Å². The number of aryl methyl sites for hydroxylation is 2. The molecule has 0 radical (unpaired) electrons. The summed E-state index contributed by atoms with van der Waals surface area (Å²) in [6.07, 6.45) is 1.25. The Balaban J connectivity index is 2.83. The maximum Gasteiger partial charge on any atom is 0.328 e. The third-order valence-electron chi connectivity index (χ3n) is 2.50. The molecule has 1 aromatic rings. The van der Waals surface area contributed by atoms with Crippen LogP contribution in [0, 0.1) is 13.8 Å². The molecule has 0 saturated carbocycles. The van der Waals surface area contributed by atoms with Gasteiger partial charge < -0.3 is 10.0 Å². The number of carboxylic acids is 1. The lowest BCUT2D eigenvalue weighted by Gasteiger charge is -2.20.